The summed E-state index contributed by atoms with van der Waals surface area (Å²) in [4.78, 5) is 5.74. The first-order valence-electron chi connectivity index (χ1n) is 11.1. The van der Waals surface area contributed by atoms with Gasteiger partial charge in [0.15, 0.2) is 11.5 Å². The average molecular weight is 437 g/mol. The standard InChI is InChI=1S/C26H29FN2O3/c1-3-9-29-10-8-17-13-22-20(19-14-18(27)5-6-21(19)28-22)15-26(17,31)25(29)12-16-4-7-24(32-2)23(30)11-16/h3-7,11,14,17,25,28,30-31H,1,8-10,12-13,15H2,2H3. The first-order chi connectivity index (χ1) is 15.4. The van der Waals surface area contributed by atoms with Gasteiger partial charge in [-0.05, 0) is 73.2 Å². The zero-order valence-corrected chi connectivity index (χ0v) is 18.3. The van der Waals surface area contributed by atoms with Gasteiger partial charge in [-0.25, -0.2) is 4.39 Å². The minimum atomic E-state index is -0.967. The van der Waals surface area contributed by atoms with Gasteiger partial charge < -0.3 is 19.9 Å². The van der Waals surface area contributed by atoms with Crippen molar-refractivity contribution in [2.45, 2.75) is 37.3 Å². The second-order valence-corrected chi connectivity index (χ2v) is 9.14. The molecule has 1 aliphatic heterocycles. The topological polar surface area (TPSA) is 68.7 Å². The lowest BCUT2D eigenvalue weighted by molar-refractivity contribution is -0.122. The number of likely N-dealkylation sites (tertiary alicyclic amines) is 1. The number of hydrogen-bond donors (Lipinski definition) is 3. The van der Waals surface area contributed by atoms with E-state index in [1.807, 2.05) is 12.1 Å². The summed E-state index contributed by atoms with van der Waals surface area (Å²) in [5.74, 6) is 0.360. The summed E-state index contributed by atoms with van der Waals surface area (Å²) in [5.41, 5.74) is 3.01. The van der Waals surface area contributed by atoms with Gasteiger partial charge in [0.05, 0.1) is 12.7 Å². The highest BCUT2D eigenvalue weighted by Gasteiger charge is 2.52. The van der Waals surface area contributed by atoms with Crippen LogP contribution in [0.25, 0.3) is 10.9 Å². The number of aromatic amines is 1. The number of phenols is 1. The van der Waals surface area contributed by atoms with E-state index in [-0.39, 0.29) is 23.5 Å². The molecule has 0 radical (unpaired) electrons. The van der Waals surface area contributed by atoms with Crippen LogP contribution in [0, 0.1) is 11.7 Å². The highest BCUT2D eigenvalue weighted by molar-refractivity contribution is 5.85. The van der Waals surface area contributed by atoms with Crippen LogP contribution in [0.3, 0.4) is 0 Å². The third-order valence-electron chi connectivity index (χ3n) is 7.39. The lowest BCUT2D eigenvalue weighted by Gasteiger charge is -2.53. The van der Waals surface area contributed by atoms with Crippen LogP contribution in [0.15, 0.2) is 49.1 Å². The summed E-state index contributed by atoms with van der Waals surface area (Å²) in [6.45, 7) is 5.46. The van der Waals surface area contributed by atoms with Crippen LogP contribution in [-0.2, 0) is 19.3 Å². The summed E-state index contributed by atoms with van der Waals surface area (Å²) in [6.07, 6.45) is 4.56. The molecule has 0 amide bonds. The first-order valence-corrected chi connectivity index (χ1v) is 11.1. The molecule has 3 aromatic rings. The maximum atomic E-state index is 14.0. The molecule has 3 N–H and O–H groups in total. The Morgan fingerprint density at radius 2 is 2.16 bits per heavy atom. The van der Waals surface area contributed by atoms with E-state index in [2.05, 4.69) is 16.5 Å². The molecular weight excluding hydrogens is 407 g/mol. The van der Waals surface area contributed by atoms with Gasteiger partial charge in [-0.15, -0.1) is 6.58 Å². The van der Waals surface area contributed by atoms with Gasteiger partial charge in [0, 0.05) is 35.6 Å². The largest absolute Gasteiger partial charge is 0.504 e. The number of phenolic OH excluding ortho intramolecular Hbond substituents is 1. The number of fused-ring (bicyclic) bond motifs is 4. The average Bonchev–Trinajstić information content (AvgIpc) is 3.10. The zero-order chi connectivity index (χ0) is 22.5. The highest BCUT2D eigenvalue weighted by Crippen LogP contribution is 2.45. The molecule has 6 heteroatoms. The van der Waals surface area contributed by atoms with E-state index in [9.17, 15) is 14.6 Å². The molecule has 5 nitrogen and oxygen atoms in total. The number of nitrogens with one attached hydrogen (secondary N) is 1. The van der Waals surface area contributed by atoms with Gasteiger partial charge in [0.25, 0.3) is 0 Å². The zero-order valence-electron chi connectivity index (χ0n) is 18.3. The molecule has 3 atom stereocenters. The van der Waals surface area contributed by atoms with Crippen molar-refractivity contribution in [1.29, 1.82) is 0 Å². The molecule has 1 aromatic heterocycles. The lowest BCUT2D eigenvalue weighted by atomic mass is 9.65. The molecule has 2 heterocycles. The summed E-state index contributed by atoms with van der Waals surface area (Å²) in [6, 6.07) is 10.1. The molecular formula is C26H29FN2O3. The number of H-pyrrole nitrogens is 1. The smallest absolute Gasteiger partial charge is 0.160 e. The summed E-state index contributed by atoms with van der Waals surface area (Å²) >= 11 is 0. The number of hydrogen-bond acceptors (Lipinski definition) is 4. The van der Waals surface area contributed by atoms with Crippen LogP contribution in [0.4, 0.5) is 4.39 Å². The van der Waals surface area contributed by atoms with E-state index in [1.54, 1.807) is 24.3 Å². The second kappa shape index (κ2) is 7.94. The Hall–Kier alpha value is -2.83. The van der Waals surface area contributed by atoms with Gasteiger partial charge in [0.2, 0.25) is 0 Å². The fraction of sp³-hybridized carbons (Fsp3) is 0.385. The molecule has 3 unspecified atom stereocenters. The van der Waals surface area contributed by atoms with Crippen molar-refractivity contribution in [3.05, 3.63) is 71.7 Å². The summed E-state index contributed by atoms with van der Waals surface area (Å²) in [7, 11) is 1.53. The highest BCUT2D eigenvalue weighted by atomic mass is 19.1. The van der Waals surface area contributed by atoms with E-state index >= 15 is 0 Å². The molecule has 2 aliphatic rings. The number of halogens is 1. The fourth-order valence-electron chi connectivity index (χ4n) is 5.81. The van der Waals surface area contributed by atoms with Crippen LogP contribution in [0.2, 0.25) is 0 Å². The van der Waals surface area contributed by atoms with Crippen LogP contribution in [-0.4, -0.2) is 51.9 Å². The summed E-state index contributed by atoms with van der Waals surface area (Å²) < 4.78 is 19.2. The molecule has 5 rings (SSSR count). The number of aromatic nitrogens is 1. The van der Waals surface area contributed by atoms with Gasteiger partial charge in [0.1, 0.15) is 5.82 Å². The molecule has 32 heavy (non-hydrogen) atoms. The van der Waals surface area contributed by atoms with E-state index in [0.29, 0.717) is 25.1 Å². The Morgan fingerprint density at radius 3 is 2.91 bits per heavy atom. The minimum absolute atomic E-state index is 0.0951. The minimum Gasteiger partial charge on any atom is -0.504 e. The number of nitrogens with zero attached hydrogens (tertiary/aromatic N) is 1. The number of aliphatic hydroxyl groups is 1. The number of ether oxygens (including phenoxy) is 1. The van der Waals surface area contributed by atoms with Crippen molar-refractivity contribution >= 4 is 10.9 Å². The lowest BCUT2D eigenvalue weighted by Crippen LogP contribution is -2.64. The number of rotatable bonds is 5. The first kappa shape index (κ1) is 21.0. The van der Waals surface area contributed by atoms with Gasteiger partial charge in [-0.3, -0.25) is 4.90 Å². The molecule has 0 spiro atoms. The van der Waals surface area contributed by atoms with Crippen molar-refractivity contribution in [2.75, 3.05) is 20.2 Å². The number of benzene rings is 2. The molecule has 1 saturated heterocycles. The Bertz CT molecular complexity index is 1170. The third-order valence-corrected chi connectivity index (χ3v) is 7.39. The van der Waals surface area contributed by atoms with Crippen molar-refractivity contribution in [2.24, 2.45) is 5.92 Å². The predicted octanol–water partition coefficient (Wildman–Crippen LogP) is 3.97. The third kappa shape index (κ3) is 3.38. The maximum absolute atomic E-state index is 14.0. The molecule has 1 aliphatic carbocycles. The van der Waals surface area contributed by atoms with Crippen molar-refractivity contribution in [3.63, 3.8) is 0 Å². The molecule has 0 saturated carbocycles. The van der Waals surface area contributed by atoms with Gasteiger partial charge in [-0.1, -0.05) is 12.1 Å². The molecule has 1 fully saturated rings. The van der Waals surface area contributed by atoms with Crippen LogP contribution >= 0.6 is 0 Å². The molecule has 2 aromatic carbocycles. The monoisotopic (exact) mass is 436 g/mol. The quantitative estimate of drug-likeness (QED) is 0.530. The van der Waals surface area contributed by atoms with Crippen LogP contribution < -0.4 is 4.74 Å². The number of methoxy groups -OCH3 is 1. The summed E-state index contributed by atoms with van der Waals surface area (Å²) in [5, 5.41) is 23.3. The molecule has 0 bridgehead atoms. The van der Waals surface area contributed by atoms with E-state index in [1.165, 1.54) is 13.2 Å². The Kier molecular flexibility index (Phi) is 5.22. The predicted molar refractivity (Wildman–Crippen MR) is 123 cm³/mol. The fourth-order valence-corrected chi connectivity index (χ4v) is 5.81. The maximum Gasteiger partial charge on any atom is 0.160 e. The Balaban J connectivity index is 1.55. The SMILES string of the molecule is C=CCN1CCC2Cc3[nH]c4ccc(F)cc4c3CC2(O)C1Cc1ccc(OC)c(O)c1. The Morgan fingerprint density at radius 1 is 1.31 bits per heavy atom. The Labute approximate surface area is 187 Å². The van der Waals surface area contributed by atoms with Gasteiger partial charge in [-0.2, -0.15) is 0 Å². The van der Waals surface area contributed by atoms with Gasteiger partial charge >= 0.3 is 0 Å². The number of piperidine rings is 1. The van der Waals surface area contributed by atoms with Crippen molar-refractivity contribution in [3.8, 4) is 11.5 Å². The molecule has 168 valence electrons. The van der Waals surface area contributed by atoms with Crippen molar-refractivity contribution in [1.82, 2.24) is 9.88 Å². The van der Waals surface area contributed by atoms with Crippen LogP contribution in [0.5, 0.6) is 11.5 Å². The normalized spacial score (nSPS) is 25.3. The van der Waals surface area contributed by atoms with E-state index in [4.69, 9.17) is 4.74 Å². The van der Waals surface area contributed by atoms with E-state index < -0.39 is 5.60 Å². The number of aromatic hydroxyl groups is 1. The van der Waals surface area contributed by atoms with Crippen molar-refractivity contribution < 1.29 is 19.3 Å². The second-order valence-electron chi connectivity index (χ2n) is 9.14. The van der Waals surface area contributed by atoms with Crippen LogP contribution in [0.1, 0.15) is 23.2 Å². The van der Waals surface area contributed by atoms with E-state index in [0.717, 1.165) is 47.1 Å².